The van der Waals surface area contributed by atoms with Gasteiger partial charge in [0.05, 0.1) is 12.1 Å². The Hall–Kier alpha value is -5.31. The number of carbonyl (C=O) groups is 1. The van der Waals surface area contributed by atoms with Crippen molar-refractivity contribution in [3.8, 4) is 40.1 Å². The van der Waals surface area contributed by atoms with Gasteiger partial charge in [0.25, 0.3) is 0 Å². The standard InChI is InChI=1S/C30H21NO8/c32-20-9-8-16(11-21(20)33)25-13-22(34)29-23(35)14-26-28(30(29)39-25)19(12-27(36)38-26)18-6-1-2-7-24(18)37-15-17-5-3-4-10-31-17/h1-11,13-14,19,32-33,35H,12,15H2. The van der Waals surface area contributed by atoms with Crippen molar-refractivity contribution in [2.24, 2.45) is 0 Å². The smallest absolute Gasteiger partial charge is 0.312 e. The zero-order valence-corrected chi connectivity index (χ0v) is 20.3. The molecule has 1 aliphatic rings. The molecule has 0 saturated carbocycles. The van der Waals surface area contributed by atoms with Gasteiger partial charge in [-0.2, -0.15) is 0 Å². The molecule has 2 aromatic heterocycles. The second kappa shape index (κ2) is 9.53. The number of rotatable bonds is 5. The number of para-hydroxylation sites is 1. The molecule has 0 spiro atoms. The maximum atomic E-state index is 13.2. The Balaban J connectivity index is 1.53. The summed E-state index contributed by atoms with van der Waals surface area (Å²) in [5.41, 5.74) is 1.61. The fourth-order valence-electron chi connectivity index (χ4n) is 4.78. The highest BCUT2D eigenvalue weighted by Crippen LogP contribution is 2.48. The zero-order valence-electron chi connectivity index (χ0n) is 20.3. The maximum Gasteiger partial charge on any atom is 0.312 e. The number of hydrogen-bond acceptors (Lipinski definition) is 9. The number of phenolic OH excluding ortho intramolecular Hbond substituents is 3. The van der Waals surface area contributed by atoms with E-state index in [-0.39, 0.29) is 47.0 Å². The van der Waals surface area contributed by atoms with Crippen molar-refractivity contribution in [3.63, 3.8) is 0 Å². The Morgan fingerprint density at radius 2 is 1.72 bits per heavy atom. The second-order valence-electron chi connectivity index (χ2n) is 9.07. The van der Waals surface area contributed by atoms with Gasteiger partial charge >= 0.3 is 5.97 Å². The van der Waals surface area contributed by atoms with Crippen LogP contribution in [0.1, 0.15) is 29.2 Å². The van der Waals surface area contributed by atoms with Gasteiger partial charge in [-0.15, -0.1) is 0 Å². The van der Waals surface area contributed by atoms with Gasteiger partial charge in [-0.05, 0) is 36.4 Å². The summed E-state index contributed by atoms with van der Waals surface area (Å²) in [6, 6.07) is 19.2. The summed E-state index contributed by atoms with van der Waals surface area (Å²) in [6.07, 6.45) is 1.61. The summed E-state index contributed by atoms with van der Waals surface area (Å²) < 4.78 is 17.7. The van der Waals surface area contributed by atoms with Crippen LogP contribution in [0, 0.1) is 0 Å². The molecule has 39 heavy (non-hydrogen) atoms. The number of benzene rings is 3. The van der Waals surface area contributed by atoms with E-state index in [9.17, 15) is 24.9 Å². The predicted molar refractivity (Wildman–Crippen MR) is 140 cm³/mol. The van der Waals surface area contributed by atoms with Crippen LogP contribution in [0.4, 0.5) is 0 Å². The number of aromatic nitrogens is 1. The fourth-order valence-corrected chi connectivity index (χ4v) is 4.78. The molecule has 0 aliphatic carbocycles. The lowest BCUT2D eigenvalue weighted by atomic mass is 9.84. The predicted octanol–water partition coefficient (Wildman–Crippen LogP) is 4.99. The minimum atomic E-state index is -0.629. The first kappa shape index (κ1) is 24.1. The highest BCUT2D eigenvalue weighted by Gasteiger charge is 2.35. The van der Waals surface area contributed by atoms with Gasteiger partial charge in [-0.1, -0.05) is 24.3 Å². The minimum Gasteiger partial charge on any atom is -0.507 e. The molecule has 3 aromatic carbocycles. The topological polar surface area (TPSA) is 139 Å². The molecule has 3 N–H and O–H groups in total. The summed E-state index contributed by atoms with van der Waals surface area (Å²) in [5.74, 6) is -1.60. The molecule has 194 valence electrons. The monoisotopic (exact) mass is 523 g/mol. The molecular formula is C30H21NO8. The van der Waals surface area contributed by atoms with Crippen molar-refractivity contribution in [3.05, 3.63) is 106 Å². The first-order chi connectivity index (χ1) is 18.9. The van der Waals surface area contributed by atoms with Crippen LogP contribution < -0.4 is 14.9 Å². The first-order valence-corrected chi connectivity index (χ1v) is 12.1. The Labute approximate surface area is 221 Å². The molecular weight excluding hydrogens is 502 g/mol. The van der Waals surface area contributed by atoms with E-state index < -0.39 is 23.1 Å². The summed E-state index contributed by atoms with van der Waals surface area (Å²) in [4.78, 5) is 30.2. The van der Waals surface area contributed by atoms with Crippen LogP contribution in [0.5, 0.6) is 28.7 Å². The lowest BCUT2D eigenvalue weighted by Crippen LogP contribution is -2.22. The Kier molecular flexibility index (Phi) is 5.88. The van der Waals surface area contributed by atoms with Gasteiger partial charge in [-0.25, -0.2) is 0 Å². The van der Waals surface area contributed by atoms with Crippen molar-refractivity contribution in [2.75, 3.05) is 0 Å². The normalized spacial score (nSPS) is 14.6. The van der Waals surface area contributed by atoms with Gasteiger partial charge in [0, 0.05) is 40.9 Å². The molecule has 0 amide bonds. The zero-order chi connectivity index (χ0) is 27.1. The first-order valence-electron chi connectivity index (χ1n) is 12.1. The van der Waals surface area contributed by atoms with Gasteiger partial charge in [0.15, 0.2) is 16.9 Å². The lowest BCUT2D eigenvalue weighted by molar-refractivity contribution is -0.135. The SMILES string of the molecule is O=C1CC(c2ccccc2OCc2ccccn2)c2c(cc(O)c3c(=O)cc(-c4ccc(O)c(O)c4)oc23)O1. The highest BCUT2D eigenvalue weighted by atomic mass is 16.5. The van der Waals surface area contributed by atoms with Crippen molar-refractivity contribution in [1.29, 1.82) is 0 Å². The Bertz CT molecular complexity index is 1800. The third-order valence-electron chi connectivity index (χ3n) is 6.58. The van der Waals surface area contributed by atoms with Gasteiger partial charge < -0.3 is 29.2 Å². The van der Waals surface area contributed by atoms with E-state index in [2.05, 4.69) is 4.98 Å². The summed E-state index contributed by atoms with van der Waals surface area (Å²) >= 11 is 0. The van der Waals surface area contributed by atoms with E-state index in [1.807, 2.05) is 36.4 Å². The average molecular weight is 523 g/mol. The average Bonchev–Trinajstić information content (AvgIpc) is 2.93. The molecule has 9 heteroatoms. The molecule has 1 aliphatic heterocycles. The second-order valence-corrected chi connectivity index (χ2v) is 9.07. The molecule has 0 bridgehead atoms. The van der Waals surface area contributed by atoms with Crippen molar-refractivity contribution < 1.29 is 34.0 Å². The summed E-state index contributed by atoms with van der Waals surface area (Å²) in [5, 5.41) is 30.3. The highest BCUT2D eigenvalue weighted by molar-refractivity contribution is 5.93. The Morgan fingerprint density at radius 3 is 2.51 bits per heavy atom. The lowest BCUT2D eigenvalue weighted by Gasteiger charge is -2.27. The van der Waals surface area contributed by atoms with Gasteiger partial charge in [-0.3, -0.25) is 14.6 Å². The summed E-state index contributed by atoms with van der Waals surface area (Å²) in [7, 11) is 0. The molecule has 1 atom stereocenters. The molecule has 3 heterocycles. The molecule has 0 radical (unpaired) electrons. The molecule has 5 aromatic rings. The molecule has 0 fully saturated rings. The van der Waals surface area contributed by atoms with Crippen molar-refractivity contribution in [1.82, 2.24) is 4.98 Å². The minimum absolute atomic E-state index is 0.0390. The van der Waals surface area contributed by atoms with E-state index in [0.717, 1.165) is 5.69 Å². The number of carbonyl (C=O) groups excluding carboxylic acids is 1. The van der Waals surface area contributed by atoms with E-state index >= 15 is 0 Å². The van der Waals surface area contributed by atoms with Crippen molar-refractivity contribution in [2.45, 2.75) is 18.9 Å². The van der Waals surface area contributed by atoms with Crippen molar-refractivity contribution >= 4 is 16.9 Å². The van der Waals surface area contributed by atoms with E-state index in [4.69, 9.17) is 13.9 Å². The van der Waals surface area contributed by atoms with Gasteiger partial charge in [0.2, 0.25) is 0 Å². The van der Waals surface area contributed by atoms with E-state index in [1.165, 1.54) is 30.3 Å². The number of fused-ring (bicyclic) bond motifs is 3. The van der Waals surface area contributed by atoms with Crippen LogP contribution in [0.15, 0.2) is 88.2 Å². The number of phenols is 3. The van der Waals surface area contributed by atoms with E-state index in [0.29, 0.717) is 22.4 Å². The largest absolute Gasteiger partial charge is 0.507 e. The van der Waals surface area contributed by atoms with Crippen LogP contribution in [0.2, 0.25) is 0 Å². The van der Waals surface area contributed by atoms with Crippen LogP contribution in [-0.2, 0) is 11.4 Å². The molecule has 9 nitrogen and oxygen atoms in total. The quantitative estimate of drug-likeness (QED) is 0.165. The number of hydrogen-bond donors (Lipinski definition) is 3. The number of ether oxygens (including phenoxy) is 2. The molecule has 1 unspecified atom stereocenters. The molecule has 0 saturated heterocycles. The molecule has 6 rings (SSSR count). The van der Waals surface area contributed by atoms with Gasteiger partial charge in [0.1, 0.15) is 40.6 Å². The van der Waals surface area contributed by atoms with E-state index in [1.54, 1.807) is 12.3 Å². The van der Waals surface area contributed by atoms with Crippen LogP contribution in [0.25, 0.3) is 22.3 Å². The van der Waals surface area contributed by atoms with Crippen LogP contribution in [0.3, 0.4) is 0 Å². The number of esters is 1. The third kappa shape index (κ3) is 4.40. The van der Waals surface area contributed by atoms with Crippen LogP contribution >= 0.6 is 0 Å². The van der Waals surface area contributed by atoms with Crippen LogP contribution in [-0.4, -0.2) is 26.3 Å². The summed E-state index contributed by atoms with van der Waals surface area (Å²) in [6.45, 7) is 0.196. The maximum absolute atomic E-state index is 13.2. The Morgan fingerprint density at radius 1 is 0.897 bits per heavy atom. The number of aromatic hydroxyl groups is 3. The fraction of sp³-hybridized carbons (Fsp3) is 0.100. The number of pyridine rings is 1. The number of nitrogens with zero attached hydrogens (tertiary/aromatic N) is 1. The third-order valence-corrected chi connectivity index (χ3v) is 6.58.